The zero-order valence-corrected chi connectivity index (χ0v) is 19.2. The van der Waals surface area contributed by atoms with Crippen LogP contribution in [0, 0.1) is 11.8 Å². The van der Waals surface area contributed by atoms with E-state index in [2.05, 4.69) is 32.7 Å². The Morgan fingerprint density at radius 2 is 1.50 bits per heavy atom. The first kappa shape index (κ1) is 26.0. The molecule has 0 atom stereocenters. The van der Waals surface area contributed by atoms with E-state index in [4.69, 9.17) is 18.1 Å². The highest BCUT2D eigenvalue weighted by molar-refractivity contribution is 6.60. The van der Waals surface area contributed by atoms with Crippen molar-refractivity contribution in [1.82, 2.24) is 5.48 Å². The average Bonchev–Trinajstić information content (AvgIpc) is 2.64. The first-order valence-electron chi connectivity index (χ1n) is 10.3. The van der Waals surface area contributed by atoms with Gasteiger partial charge in [-0.3, -0.25) is 0 Å². The van der Waals surface area contributed by atoms with Gasteiger partial charge in [0.1, 0.15) is 0 Å². The van der Waals surface area contributed by atoms with Gasteiger partial charge in [-0.05, 0) is 24.7 Å². The van der Waals surface area contributed by atoms with E-state index in [1.54, 1.807) is 21.3 Å². The SMILES string of the molecule is CCCCCC[CH]CCCCONCC(C)(C)CC[Si](OC)(OC)OC. The van der Waals surface area contributed by atoms with Gasteiger partial charge in [0.2, 0.25) is 0 Å². The van der Waals surface area contributed by atoms with Crippen molar-refractivity contribution in [3.05, 3.63) is 6.42 Å². The van der Waals surface area contributed by atoms with Crippen LogP contribution in [0.25, 0.3) is 0 Å². The Morgan fingerprint density at radius 3 is 2.08 bits per heavy atom. The minimum atomic E-state index is -2.48. The van der Waals surface area contributed by atoms with Gasteiger partial charge >= 0.3 is 8.80 Å². The van der Waals surface area contributed by atoms with Crippen molar-refractivity contribution in [2.75, 3.05) is 34.5 Å². The lowest BCUT2D eigenvalue weighted by Crippen LogP contribution is -2.44. The maximum absolute atomic E-state index is 5.59. The molecule has 0 spiro atoms. The summed E-state index contributed by atoms with van der Waals surface area (Å²) in [5.41, 5.74) is 3.22. The van der Waals surface area contributed by atoms with Crippen LogP contribution in [0.4, 0.5) is 0 Å². The predicted octanol–water partition coefficient (Wildman–Crippen LogP) is 5.15. The molecule has 0 aliphatic rings. The number of nitrogens with one attached hydrogen (secondary N) is 1. The highest BCUT2D eigenvalue weighted by Crippen LogP contribution is 2.27. The molecule has 0 saturated carbocycles. The normalized spacial score (nSPS) is 12.7. The minimum absolute atomic E-state index is 0.0973. The molecular weight excluding hydrogens is 346 g/mol. The molecule has 0 unspecified atom stereocenters. The van der Waals surface area contributed by atoms with Crippen LogP contribution < -0.4 is 5.48 Å². The summed E-state index contributed by atoms with van der Waals surface area (Å²) in [6.07, 6.45) is 13.6. The average molecular weight is 391 g/mol. The van der Waals surface area contributed by atoms with Crippen LogP contribution in [0.2, 0.25) is 6.04 Å². The summed E-state index contributed by atoms with van der Waals surface area (Å²) < 4.78 is 16.5. The lowest BCUT2D eigenvalue weighted by atomic mass is 9.91. The molecule has 6 heteroatoms. The fraction of sp³-hybridized carbons (Fsp3) is 0.950. The molecule has 0 aliphatic carbocycles. The molecule has 0 aromatic heterocycles. The maximum Gasteiger partial charge on any atom is 0.500 e. The van der Waals surface area contributed by atoms with Gasteiger partial charge in [-0.1, -0.05) is 65.7 Å². The van der Waals surface area contributed by atoms with Crippen LogP contribution in [-0.2, 0) is 18.1 Å². The molecule has 0 heterocycles. The Kier molecular flexibility index (Phi) is 16.0. The quantitative estimate of drug-likeness (QED) is 0.188. The topological polar surface area (TPSA) is 49.0 Å². The van der Waals surface area contributed by atoms with Crippen LogP contribution in [0.15, 0.2) is 0 Å². The van der Waals surface area contributed by atoms with E-state index in [1.165, 1.54) is 44.9 Å². The lowest BCUT2D eigenvalue weighted by molar-refractivity contribution is 0.0174. The van der Waals surface area contributed by atoms with Gasteiger partial charge in [0, 0.05) is 33.9 Å². The number of hydroxylamine groups is 1. The molecular formula is C20H44NO4Si. The summed E-state index contributed by atoms with van der Waals surface area (Å²) in [6, 6.07) is 0.805. The van der Waals surface area contributed by atoms with E-state index in [9.17, 15) is 0 Å². The van der Waals surface area contributed by atoms with Gasteiger partial charge in [-0.25, -0.2) is 5.48 Å². The fourth-order valence-corrected chi connectivity index (χ4v) is 4.87. The third-order valence-electron chi connectivity index (χ3n) is 4.86. The smallest absolute Gasteiger partial charge is 0.377 e. The highest BCUT2D eigenvalue weighted by Gasteiger charge is 2.39. The van der Waals surface area contributed by atoms with Crippen molar-refractivity contribution in [3.8, 4) is 0 Å². The minimum Gasteiger partial charge on any atom is -0.377 e. The first-order chi connectivity index (χ1) is 12.4. The third-order valence-corrected chi connectivity index (χ3v) is 7.59. The second-order valence-electron chi connectivity index (χ2n) is 7.76. The zero-order chi connectivity index (χ0) is 19.7. The molecule has 0 aromatic carbocycles. The number of unbranched alkanes of at least 4 members (excludes halogenated alkanes) is 8. The molecule has 0 aliphatic heterocycles. The summed E-state index contributed by atoms with van der Waals surface area (Å²) in [7, 11) is 2.51. The molecule has 26 heavy (non-hydrogen) atoms. The second kappa shape index (κ2) is 16.0. The standard InChI is InChI=1S/C20H44NO4Si/c1-7-8-9-10-11-12-13-14-15-17-25-21-19-20(2,3)16-18-26(22-4,23-5)24-6/h12,21H,7-11,13-19H2,1-6H3. The fourth-order valence-electron chi connectivity index (χ4n) is 2.78. The van der Waals surface area contributed by atoms with Gasteiger partial charge < -0.3 is 18.1 Å². The van der Waals surface area contributed by atoms with Crippen molar-refractivity contribution in [2.24, 2.45) is 5.41 Å². The van der Waals surface area contributed by atoms with E-state index >= 15 is 0 Å². The number of hydrogen-bond acceptors (Lipinski definition) is 5. The number of rotatable bonds is 19. The van der Waals surface area contributed by atoms with Crippen LogP contribution in [-0.4, -0.2) is 43.3 Å². The Labute approximate surface area is 163 Å². The van der Waals surface area contributed by atoms with E-state index < -0.39 is 8.80 Å². The van der Waals surface area contributed by atoms with E-state index in [0.717, 1.165) is 32.0 Å². The zero-order valence-electron chi connectivity index (χ0n) is 18.2. The van der Waals surface area contributed by atoms with Crippen LogP contribution in [0.3, 0.4) is 0 Å². The van der Waals surface area contributed by atoms with Crippen LogP contribution in [0.1, 0.15) is 78.6 Å². The Hall–Kier alpha value is 0.0169. The summed E-state index contributed by atoms with van der Waals surface area (Å²) in [4.78, 5) is 5.59. The van der Waals surface area contributed by atoms with Crippen molar-refractivity contribution < 1.29 is 18.1 Å². The lowest BCUT2D eigenvalue weighted by Gasteiger charge is -2.30. The van der Waals surface area contributed by atoms with Gasteiger partial charge in [-0.2, -0.15) is 0 Å². The largest absolute Gasteiger partial charge is 0.500 e. The van der Waals surface area contributed by atoms with Crippen molar-refractivity contribution in [1.29, 1.82) is 0 Å². The Balaban J connectivity index is 3.61. The summed E-state index contributed by atoms with van der Waals surface area (Å²) >= 11 is 0. The van der Waals surface area contributed by atoms with Crippen molar-refractivity contribution in [2.45, 2.75) is 84.6 Å². The first-order valence-corrected chi connectivity index (χ1v) is 12.2. The van der Waals surface area contributed by atoms with Gasteiger partial charge in [0.05, 0.1) is 6.61 Å². The van der Waals surface area contributed by atoms with Gasteiger partial charge in [0.15, 0.2) is 0 Å². The van der Waals surface area contributed by atoms with Gasteiger partial charge in [-0.15, -0.1) is 0 Å². The molecule has 157 valence electrons. The molecule has 0 saturated heterocycles. The van der Waals surface area contributed by atoms with E-state index in [-0.39, 0.29) is 5.41 Å². The van der Waals surface area contributed by atoms with Crippen LogP contribution >= 0.6 is 0 Å². The maximum atomic E-state index is 5.59. The van der Waals surface area contributed by atoms with Crippen molar-refractivity contribution >= 4 is 8.80 Å². The van der Waals surface area contributed by atoms with Gasteiger partial charge in [0.25, 0.3) is 0 Å². The summed E-state index contributed by atoms with van der Waals surface area (Å²) in [6.45, 7) is 8.27. The summed E-state index contributed by atoms with van der Waals surface area (Å²) in [5, 5.41) is 0. The summed E-state index contributed by atoms with van der Waals surface area (Å²) in [5.74, 6) is 0. The third kappa shape index (κ3) is 13.2. The molecule has 0 fully saturated rings. The van der Waals surface area contributed by atoms with Crippen molar-refractivity contribution in [3.63, 3.8) is 0 Å². The molecule has 0 aromatic rings. The highest BCUT2D eigenvalue weighted by atomic mass is 28.4. The molecule has 0 rings (SSSR count). The van der Waals surface area contributed by atoms with E-state index in [0.29, 0.717) is 0 Å². The van der Waals surface area contributed by atoms with Crippen LogP contribution in [0.5, 0.6) is 0 Å². The Bertz CT molecular complexity index is 304. The Morgan fingerprint density at radius 1 is 0.885 bits per heavy atom. The second-order valence-corrected chi connectivity index (χ2v) is 10.9. The number of hydrogen-bond donors (Lipinski definition) is 1. The molecule has 5 nitrogen and oxygen atoms in total. The van der Waals surface area contributed by atoms with E-state index in [1.807, 2.05) is 0 Å². The molecule has 0 amide bonds. The predicted molar refractivity (Wildman–Crippen MR) is 111 cm³/mol. The molecule has 1 N–H and O–H groups in total. The molecule has 1 radical (unpaired) electrons. The monoisotopic (exact) mass is 390 g/mol. The molecule has 0 bridgehead atoms.